The number of hydrogen-bond donors (Lipinski definition) is 1. The summed E-state index contributed by atoms with van der Waals surface area (Å²) >= 11 is 5.99. The van der Waals surface area contributed by atoms with Gasteiger partial charge in [0.25, 0.3) is 5.91 Å². The van der Waals surface area contributed by atoms with Crippen molar-refractivity contribution < 1.29 is 17.9 Å². The summed E-state index contributed by atoms with van der Waals surface area (Å²) in [4.78, 5) is 12.7. The maximum Gasteiger partial charge on any atom is 0.263 e. The molecule has 8 heteroatoms. The van der Waals surface area contributed by atoms with Crippen molar-refractivity contribution in [3.05, 3.63) is 71.2 Å². The molecule has 0 spiro atoms. The van der Waals surface area contributed by atoms with Crippen LogP contribution in [0.25, 0.3) is 10.8 Å². The molecule has 1 heterocycles. The van der Waals surface area contributed by atoms with Crippen molar-refractivity contribution in [2.45, 2.75) is 12.6 Å². The van der Waals surface area contributed by atoms with Crippen LogP contribution in [0.2, 0.25) is 5.02 Å². The Morgan fingerprint density at radius 1 is 1.14 bits per heavy atom. The number of anilines is 1. The lowest BCUT2D eigenvalue weighted by Crippen LogP contribution is -2.50. The van der Waals surface area contributed by atoms with Crippen LogP contribution in [0.3, 0.4) is 0 Å². The van der Waals surface area contributed by atoms with Crippen molar-refractivity contribution in [1.29, 1.82) is 0 Å². The van der Waals surface area contributed by atoms with E-state index < -0.39 is 16.1 Å². The fourth-order valence-corrected chi connectivity index (χ4v) is 4.40. The molecular formula is C21H19ClN2O4S. The first-order valence-corrected chi connectivity index (χ1v) is 11.2. The van der Waals surface area contributed by atoms with E-state index in [1.807, 2.05) is 42.5 Å². The number of nitrogens with one attached hydrogen (secondary N) is 1. The summed E-state index contributed by atoms with van der Waals surface area (Å²) in [5.74, 6) is -0.0793. The first-order chi connectivity index (χ1) is 13.8. The Balaban J connectivity index is 1.51. The molecule has 1 amide bonds. The highest BCUT2D eigenvalue weighted by Gasteiger charge is 2.35. The number of amides is 1. The summed E-state index contributed by atoms with van der Waals surface area (Å²) in [6.45, 7) is 0.200. The van der Waals surface area contributed by atoms with Gasteiger partial charge in [0.1, 0.15) is 5.75 Å². The zero-order chi connectivity index (χ0) is 20.6. The van der Waals surface area contributed by atoms with Crippen LogP contribution in [0.5, 0.6) is 5.75 Å². The van der Waals surface area contributed by atoms with E-state index in [2.05, 4.69) is 5.32 Å². The maximum atomic E-state index is 12.7. The largest absolute Gasteiger partial charge is 0.476 e. The molecule has 4 rings (SSSR count). The highest BCUT2D eigenvalue weighted by atomic mass is 35.5. The molecule has 1 aliphatic heterocycles. The Labute approximate surface area is 174 Å². The fourth-order valence-electron chi connectivity index (χ4n) is 3.33. The lowest BCUT2D eigenvalue weighted by Gasteiger charge is -2.34. The molecule has 29 heavy (non-hydrogen) atoms. The third kappa shape index (κ3) is 4.16. The molecule has 1 N–H and O–H groups in total. The van der Waals surface area contributed by atoms with E-state index in [4.69, 9.17) is 16.3 Å². The van der Waals surface area contributed by atoms with Crippen molar-refractivity contribution in [2.75, 3.05) is 17.1 Å². The minimum Gasteiger partial charge on any atom is -0.476 e. The number of nitrogens with zero attached hydrogens (tertiary/aromatic N) is 1. The molecule has 0 saturated heterocycles. The van der Waals surface area contributed by atoms with Crippen LogP contribution < -0.4 is 14.4 Å². The molecule has 0 aromatic heterocycles. The zero-order valence-electron chi connectivity index (χ0n) is 15.6. The van der Waals surface area contributed by atoms with Crippen LogP contribution in [0.4, 0.5) is 5.69 Å². The fraction of sp³-hybridized carbons (Fsp3) is 0.190. The van der Waals surface area contributed by atoms with Crippen LogP contribution >= 0.6 is 11.6 Å². The Morgan fingerprint density at radius 2 is 1.90 bits per heavy atom. The van der Waals surface area contributed by atoms with Gasteiger partial charge in [0, 0.05) is 11.6 Å². The van der Waals surface area contributed by atoms with E-state index >= 15 is 0 Å². The number of sulfonamides is 1. The Bertz CT molecular complexity index is 1200. The van der Waals surface area contributed by atoms with Gasteiger partial charge in [-0.3, -0.25) is 9.10 Å². The number of halogens is 1. The number of rotatable bonds is 4. The molecule has 3 aromatic carbocycles. The van der Waals surface area contributed by atoms with Crippen molar-refractivity contribution in [1.82, 2.24) is 5.32 Å². The molecular weight excluding hydrogens is 412 g/mol. The average Bonchev–Trinajstić information content (AvgIpc) is 2.70. The van der Waals surface area contributed by atoms with Gasteiger partial charge in [-0.2, -0.15) is 0 Å². The first-order valence-electron chi connectivity index (χ1n) is 9.00. The van der Waals surface area contributed by atoms with Crippen LogP contribution in [0.1, 0.15) is 5.56 Å². The SMILES string of the molecule is CS(=O)(=O)N1CC(C(=O)NCc2ccc3ccccc3c2)Oc2ccc(Cl)cc21. The Hall–Kier alpha value is -2.77. The molecule has 0 fully saturated rings. The topological polar surface area (TPSA) is 75.7 Å². The summed E-state index contributed by atoms with van der Waals surface area (Å²) < 4.78 is 31.4. The lowest BCUT2D eigenvalue weighted by molar-refractivity contribution is -0.127. The van der Waals surface area contributed by atoms with E-state index in [-0.39, 0.29) is 12.5 Å². The second-order valence-corrected chi connectivity index (χ2v) is 9.26. The molecule has 6 nitrogen and oxygen atoms in total. The van der Waals surface area contributed by atoms with Gasteiger partial charge < -0.3 is 10.1 Å². The van der Waals surface area contributed by atoms with Gasteiger partial charge in [-0.1, -0.05) is 48.0 Å². The normalized spacial score (nSPS) is 16.2. The Kier molecular flexibility index (Phi) is 5.10. The minimum atomic E-state index is -3.60. The third-order valence-electron chi connectivity index (χ3n) is 4.76. The maximum absolute atomic E-state index is 12.7. The minimum absolute atomic E-state index is 0.115. The molecule has 1 unspecified atom stereocenters. The van der Waals surface area contributed by atoms with Crippen LogP contribution in [0, 0.1) is 0 Å². The number of ether oxygens (including phenoxy) is 1. The van der Waals surface area contributed by atoms with Gasteiger partial charge in [-0.05, 0) is 40.6 Å². The van der Waals surface area contributed by atoms with E-state index in [1.165, 1.54) is 6.07 Å². The highest BCUT2D eigenvalue weighted by molar-refractivity contribution is 7.92. The molecule has 1 aliphatic rings. The number of fused-ring (bicyclic) bond motifs is 2. The summed E-state index contributed by atoms with van der Waals surface area (Å²) in [6.07, 6.45) is 0.131. The highest BCUT2D eigenvalue weighted by Crippen LogP contribution is 2.37. The predicted molar refractivity (Wildman–Crippen MR) is 114 cm³/mol. The number of benzene rings is 3. The van der Waals surface area contributed by atoms with Gasteiger partial charge in [0.2, 0.25) is 10.0 Å². The van der Waals surface area contributed by atoms with Crippen molar-refractivity contribution in [3.8, 4) is 5.75 Å². The van der Waals surface area contributed by atoms with Gasteiger partial charge in [-0.25, -0.2) is 8.42 Å². The van der Waals surface area contributed by atoms with E-state index in [9.17, 15) is 13.2 Å². The zero-order valence-corrected chi connectivity index (χ0v) is 17.2. The number of carbonyl (C=O) groups excluding carboxylic acids is 1. The monoisotopic (exact) mass is 430 g/mol. The predicted octanol–water partition coefficient (Wildman–Crippen LogP) is 3.34. The molecule has 0 saturated carbocycles. The summed E-state index contributed by atoms with van der Waals surface area (Å²) in [5, 5.41) is 5.43. The number of carbonyl (C=O) groups is 1. The van der Waals surface area contributed by atoms with Crippen molar-refractivity contribution in [3.63, 3.8) is 0 Å². The van der Waals surface area contributed by atoms with Gasteiger partial charge in [0.15, 0.2) is 6.10 Å². The summed E-state index contributed by atoms with van der Waals surface area (Å²) in [5.41, 5.74) is 1.28. The average molecular weight is 431 g/mol. The first kappa shape index (κ1) is 19.5. The molecule has 1 atom stereocenters. The molecule has 0 bridgehead atoms. The van der Waals surface area contributed by atoms with Crippen LogP contribution in [0.15, 0.2) is 60.7 Å². The second-order valence-electron chi connectivity index (χ2n) is 6.91. The molecule has 0 aliphatic carbocycles. The standard InChI is InChI=1S/C21H19ClN2O4S/c1-29(26,27)24-13-20(28-19-9-8-17(22)11-18(19)24)21(25)23-12-14-6-7-15-4-2-3-5-16(15)10-14/h2-11,20H,12-13H2,1H3,(H,23,25). The van der Waals surface area contributed by atoms with Gasteiger partial charge in [-0.15, -0.1) is 0 Å². The second kappa shape index (κ2) is 7.57. The molecule has 150 valence electrons. The lowest BCUT2D eigenvalue weighted by atomic mass is 10.1. The van der Waals surface area contributed by atoms with E-state index in [0.29, 0.717) is 23.0 Å². The molecule has 0 radical (unpaired) electrons. The van der Waals surface area contributed by atoms with Crippen LogP contribution in [-0.2, 0) is 21.4 Å². The quantitative estimate of drug-likeness (QED) is 0.688. The van der Waals surface area contributed by atoms with Crippen molar-refractivity contribution >= 4 is 44.0 Å². The smallest absolute Gasteiger partial charge is 0.263 e. The summed E-state index contributed by atoms with van der Waals surface area (Å²) in [6, 6.07) is 18.6. The van der Waals surface area contributed by atoms with E-state index in [1.54, 1.807) is 12.1 Å². The molecule has 3 aromatic rings. The van der Waals surface area contributed by atoms with Gasteiger partial charge in [0.05, 0.1) is 18.5 Å². The van der Waals surface area contributed by atoms with Crippen LogP contribution in [-0.4, -0.2) is 33.2 Å². The third-order valence-corrected chi connectivity index (χ3v) is 6.15. The van der Waals surface area contributed by atoms with E-state index in [0.717, 1.165) is 26.9 Å². The summed E-state index contributed by atoms with van der Waals surface area (Å²) in [7, 11) is -3.60. The van der Waals surface area contributed by atoms with Gasteiger partial charge >= 0.3 is 0 Å². The number of hydrogen-bond acceptors (Lipinski definition) is 4. The van der Waals surface area contributed by atoms with Crippen molar-refractivity contribution in [2.24, 2.45) is 0 Å². The Morgan fingerprint density at radius 3 is 2.66 bits per heavy atom.